The van der Waals surface area contributed by atoms with Gasteiger partial charge in [-0.3, -0.25) is 0 Å². The van der Waals surface area contributed by atoms with Gasteiger partial charge in [-0.05, 0) is 55.4 Å². The van der Waals surface area contributed by atoms with Crippen molar-refractivity contribution in [2.75, 3.05) is 13.1 Å². The number of rotatable bonds is 7. The van der Waals surface area contributed by atoms with Gasteiger partial charge in [0.15, 0.2) is 0 Å². The summed E-state index contributed by atoms with van der Waals surface area (Å²) in [5.41, 5.74) is 0.673. The molecule has 0 amide bonds. The standard InChI is InChI=1S/C15H29N/c1-4-7-16-11-15(14(5-2)6-3)9-12-8-13(12)10-15/h12-14,16H,4-11H2,1-3H3. The van der Waals surface area contributed by atoms with Crippen LogP contribution < -0.4 is 5.32 Å². The molecule has 16 heavy (non-hydrogen) atoms. The molecule has 0 heterocycles. The quantitative estimate of drug-likeness (QED) is 0.647. The van der Waals surface area contributed by atoms with E-state index in [9.17, 15) is 0 Å². The first-order chi connectivity index (χ1) is 7.75. The molecule has 0 aromatic carbocycles. The molecule has 1 heteroatoms. The van der Waals surface area contributed by atoms with E-state index in [0.717, 1.165) is 17.8 Å². The smallest absolute Gasteiger partial charge is 0.00107 e. The Labute approximate surface area is 101 Å². The van der Waals surface area contributed by atoms with Crippen molar-refractivity contribution in [3.05, 3.63) is 0 Å². The lowest BCUT2D eigenvalue weighted by molar-refractivity contribution is 0.131. The van der Waals surface area contributed by atoms with Crippen LogP contribution >= 0.6 is 0 Å². The van der Waals surface area contributed by atoms with Gasteiger partial charge in [0.25, 0.3) is 0 Å². The molecule has 2 saturated carbocycles. The second-order valence-corrected chi connectivity index (χ2v) is 6.22. The van der Waals surface area contributed by atoms with Crippen LogP contribution in [0.3, 0.4) is 0 Å². The van der Waals surface area contributed by atoms with Crippen molar-refractivity contribution in [1.29, 1.82) is 0 Å². The molecule has 1 N–H and O–H groups in total. The van der Waals surface area contributed by atoms with Gasteiger partial charge in [-0.25, -0.2) is 0 Å². The van der Waals surface area contributed by atoms with E-state index in [2.05, 4.69) is 26.1 Å². The predicted molar refractivity (Wildman–Crippen MR) is 70.5 cm³/mol. The Balaban J connectivity index is 1.95. The fourth-order valence-corrected chi connectivity index (χ4v) is 4.23. The lowest BCUT2D eigenvalue weighted by Crippen LogP contribution is -2.39. The number of hydrogen-bond acceptors (Lipinski definition) is 1. The summed E-state index contributed by atoms with van der Waals surface area (Å²) in [7, 11) is 0. The molecular formula is C15H29N. The van der Waals surface area contributed by atoms with Gasteiger partial charge in [0.1, 0.15) is 0 Å². The van der Waals surface area contributed by atoms with Crippen LogP contribution in [0.4, 0.5) is 0 Å². The summed E-state index contributed by atoms with van der Waals surface area (Å²) in [6, 6.07) is 0. The van der Waals surface area contributed by atoms with E-state index >= 15 is 0 Å². The maximum atomic E-state index is 3.71. The molecule has 1 nitrogen and oxygen atoms in total. The largest absolute Gasteiger partial charge is 0.316 e. The molecule has 2 aliphatic carbocycles. The van der Waals surface area contributed by atoms with E-state index in [-0.39, 0.29) is 0 Å². The molecule has 0 aromatic rings. The average Bonchev–Trinajstić information content (AvgIpc) is 2.89. The van der Waals surface area contributed by atoms with Crippen LogP contribution in [0.5, 0.6) is 0 Å². The van der Waals surface area contributed by atoms with Gasteiger partial charge < -0.3 is 5.32 Å². The van der Waals surface area contributed by atoms with Gasteiger partial charge in [-0.15, -0.1) is 0 Å². The molecule has 0 aromatic heterocycles. The van der Waals surface area contributed by atoms with Gasteiger partial charge in [0.2, 0.25) is 0 Å². The summed E-state index contributed by atoms with van der Waals surface area (Å²) in [4.78, 5) is 0. The van der Waals surface area contributed by atoms with Crippen molar-refractivity contribution in [1.82, 2.24) is 5.32 Å². The van der Waals surface area contributed by atoms with E-state index in [1.165, 1.54) is 45.2 Å². The van der Waals surface area contributed by atoms with E-state index in [1.807, 2.05) is 0 Å². The molecule has 2 aliphatic rings. The van der Waals surface area contributed by atoms with Gasteiger partial charge in [-0.2, -0.15) is 0 Å². The van der Waals surface area contributed by atoms with E-state index in [1.54, 1.807) is 6.42 Å². The highest BCUT2D eigenvalue weighted by atomic mass is 14.9. The minimum Gasteiger partial charge on any atom is -0.316 e. The number of hydrogen-bond donors (Lipinski definition) is 1. The summed E-state index contributed by atoms with van der Waals surface area (Å²) in [5, 5.41) is 3.71. The Morgan fingerprint density at radius 3 is 2.25 bits per heavy atom. The first-order valence-electron chi connectivity index (χ1n) is 7.46. The Bertz CT molecular complexity index is 209. The third-order valence-corrected chi connectivity index (χ3v) is 5.16. The summed E-state index contributed by atoms with van der Waals surface area (Å²) in [6.45, 7) is 9.54. The molecular weight excluding hydrogens is 194 g/mol. The fraction of sp³-hybridized carbons (Fsp3) is 1.00. The van der Waals surface area contributed by atoms with Crippen LogP contribution in [-0.2, 0) is 0 Å². The lowest BCUT2D eigenvalue weighted by atomic mass is 9.69. The molecule has 2 rings (SSSR count). The van der Waals surface area contributed by atoms with Crippen LogP contribution in [0.25, 0.3) is 0 Å². The molecule has 2 unspecified atom stereocenters. The minimum absolute atomic E-state index is 0.673. The Hall–Kier alpha value is -0.0400. The highest BCUT2D eigenvalue weighted by molar-refractivity contribution is 5.06. The molecule has 0 aliphatic heterocycles. The molecule has 2 fully saturated rings. The zero-order valence-electron chi connectivity index (χ0n) is 11.4. The Kier molecular flexibility index (Phi) is 3.94. The lowest BCUT2D eigenvalue weighted by Gasteiger charge is -2.39. The van der Waals surface area contributed by atoms with Crippen LogP contribution in [0.1, 0.15) is 59.3 Å². The summed E-state index contributed by atoms with van der Waals surface area (Å²) >= 11 is 0. The van der Waals surface area contributed by atoms with Crippen LogP contribution in [-0.4, -0.2) is 13.1 Å². The predicted octanol–water partition coefficient (Wildman–Crippen LogP) is 3.84. The highest BCUT2D eigenvalue weighted by Crippen LogP contribution is 2.63. The van der Waals surface area contributed by atoms with Crippen molar-refractivity contribution < 1.29 is 0 Å². The van der Waals surface area contributed by atoms with Crippen molar-refractivity contribution in [2.45, 2.75) is 59.3 Å². The Morgan fingerprint density at radius 2 is 1.75 bits per heavy atom. The third-order valence-electron chi connectivity index (χ3n) is 5.16. The number of nitrogens with one attached hydrogen (secondary N) is 1. The summed E-state index contributed by atoms with van der Waals surface area (Å²) in [6.07, 6.45) is 8.64. The first kappa shape index (κ1) is 12.4. The zero-order chi connectivity index (χ0) is 11.6. The van der Waals surface area contributed by atoms with Crippen molar-refractivity contribution in [3.63, 3.8) is 0 Å². The van der Waals surface area contributed by atoms with Crippen LogP contribution in [0.2, 0.25) is 0 Å². The van der Waals surface area contributed by atoms with Crippen molar-refractivity contribution >= 4 is 0 Å². The number of fused-ring (bicyclic) bond motifs is 1. The molecule has 0 radical (unpaired) electrons. The summed E-state index contributed by atoms with van der Waals surface area (Å²) < 4.78 is 0. The van der Waals surface area contributed by atoms with Crippen LogP contribution in [0, 0.1) is 23.2 Å². The minimum atomic E-state index is 0.673. The topological polar surface area (TPSA) is 12.0 Å². The maximum Gasteiger partial charge on any atom is 0.00107 e. The molecule has 0 spiro atoms. The molecule has 2 atom stereocenters. The zero-order valence-corrected chi connectivity index (χ0v) is 11.4. The fourth-order valence-electron chi connectivity index (χ4n) is 4.23. The molecule has 94 valence electrons. The van der Waals surface area contributed by atoms with Gasteiger partial charge in [0, 0.05) is 6.54 Å². The molecule has 0 saturated heterocycles. The Morgan fingerprint density at radius 1 is 1.12 bits per heavy atom. The summed E-state index contributed by atoms with van der Waals surface area (Å²) in [5.74, 6) is 3.19. The van der Waals surface area contributed by atoms with E-state index in [0.29, 0.717) is 5.41 Å². The second kappa shape index (κ2) is 5.08. The third kappa shape index (κ3) is 2.30. The van der Waals surface area contributed by atoms with Crippen LogP contribution in [0.15, 0.2) is 0 Å². The first-order valence-corrected chi connectivity index (χ1v) is 7.46. The van der Waals surface area contributed by atoms with Crippen molar-refractivity contribution in [3.8, 4) is 0 Å². The molecule has 0 bridgehead atoms. The van der Waals surface area contributed by atoms with Gasteiger partial charge in [0.05, 0.1) is 0 Å². The second-order valence-electron chi connectivity index (χ2n) is 6.22. The maximum absolute atomic E-state index is 3.71. The SMILES string of the molecule is CCCNCC1(C(CC)CC)CC2CC2C1. The van der Waals surface area contributed by atoms with Gasteiger partial charge >= 0.3 is 0 Å². The van der Waals surface area contributed by atoms with E-state index in [4.69, 9.17) is 0 Å². The monoisotopic (exact) mass is 223 g/mol. The normalized spacial score (nSPS) is 36.8. The van der Waals surface area contributed by atoms with Crippen molar-refractivity contribution in [2.24, 2.45) is 23.2 Å². The van der Waals surface area contributed by atoms with Gasteiger partial charge in [-0.1, -0.05) is 33.6 Å². The highest BCUT2D eigenvalue weighted by Gasteiger charge is 2.55. The van der Waals surface area contributed by atoms with E-state index < -0.39 is 0 Å². The average molecular weight is 223 g/mol.